The number of hydrogen-bond donors (Lipinski definition) is 3. The SMILES string of the molecule is CC(C)C[C@H](N)C(=O)Nc1ccc(NC(=O)C2CC2)nc1.Cl.Cl. The molecule has 0 aromatic carbocycles. The highest BCUT2D eigenvalue weighted by Crippen LogP contribution is 2.29. The van der Waals surface area contributed by atoms with Gasteiger partial charge in [0.1, 0.15) is 5.82 Å². The zero-order chi connectivity index (χ0) is 15.4. The second-order valence-electron chi connectivity index (χ2n) is 5.92. The van der Waals surface area contributed by atoms with Crippen LogP contribution in [0.15, 0.2) is 18.3 Å². The van der Waals surface area contributed by atoms with Crippen LogP contribution in [0.5, 0.6) is 0 Å². The Morgan fingerprint density at radius 3 is 2.39 bits per heavy atom. The lowest BCUT2D eigenvalue weighted by Crippen LogP contribution is -2.36. The molecule has 1 aromatic rings. The molecule has 1 aromatic heterocycles. The maximum atomic E-state index is 11.9. The molecule has 6 nitrogen and oxygen atoms in total. The van der Waals surface area contributed by atoms with Gasteiger partial charge in [0.15, 0.2) is 0 Å². The van der Waals surface area contributed by atoms with E-state index in [1.54, 1.807) is 12.1 Å². The third-order valence-electron chi connectivity index (χ3n) is 3.29. The Balaban J connectivity index is 0.00000242. The molecule has 4 N–H and O–H groups in total. The second-order valence-corrected chi connectivity index (χ2v) is 5.92. The van der Waals surface area contributed by atoms with Crippen molar-refractivity contribution in [3.05, 3.63) is 18.3 Å². The fourth-order valence-electron chi connectivity index (χ4n) is 1.97. The molecule has 1 heterocycles. The van der Waals surface area contributed by atoms with Crippen LogP contribution in [-0.2, 0) is 9.59 Å². The van der Waals surface area contributed by atoms with E-state index in [2.05, 4.69) is 15.6 Å². The van der Waals surface area contributed by atoms with E-state index in [1.165, 1.54) is 6.20 Å². The molecule has 2 rings (SSSR count). The van der Waals surface area contributed by atoms with Crippen molar-refractivity contribution in [3.63, 3.8) is 0 Å². The van der Waals surface area contributed by atoms with Gasteiger partial charge in [-0.15, -0.1) is 24.8 Å². The van der Waals surface area contributed by atoms with E-state index < -0.39 is 6.04 Å². The summed E-state index contributed by atoms with van der Waals surface area (Å²) in [5.41, 5.74) is 6.39. The van der Waals surface area contributed by atoms with E-state index in [0.29, 0.717) is 23.8 Å². The molecule has 0 spiro atoms. The molecule has 0 saturated heterocycles. The fourth-order valence-corrected chi connectivity index (χ4v) is 1.97. The second kappa shape index (κ2) is 9.70. The predicted molar refractivity (Wildman–Crippen MR) is 96.1 cm³/mol. The van der Waals surface area contributed by atoms with Crippen molar-refractivity contribution in [1.82, 2.24) is 4.98 Å². The Kier molecular flexibility index (Phi) is 9.12. The van der Waals surface area contributed by atoms with Crippen molar-refractivity contribution < 1.29 is 9.59 Å². The number of nitrogens with zero attached hydrogens (tertiary/aromatic N) is 1. The van der Waals surface area contributed by atoms with Crippen LogP contribution in [-0.4, -0.2) is 22.8 Å². The summed E-state index contributed by atoms with van der Waals surface area (Å²) in [7, 11) is 0. The van der Waals surface area contributed by atoms with Crippen molar-refractivity contribution >= 4 is 48.1 Å². The van der Waals surface area contributed by atoms with E-state index in [1.807, 2.05) is 13.8 Å². The molecule has 23 heavy (non-hydrogen) atoms. The molecule has 0 radical (unpaired) electrons. The number of carbonyl (C=O) groups excluding carboxylic acids is 2. The van der Waals surface area contributed by atoms with Gasteiger partial charge in [-0.05, 0) is 37.3 Å². The maximum Gasteiger partial charge on any atom is 0.241 e. The Morgan fingerprint density at radius 2 is 1.91 bits per heavy atom. The number of nitrogens with two attached hydrogens (primary N) is 1. The van der Waals surface area contributed by atoms with Gasteiger partial charge in [-0.1, -0.05) is 13.8 Å². The largest absolute Gasteiger partial charge is 0.323 e. The summed E-state index contributed by atoms with van der Waals surface area (Å²) in [4.78, 5) is 27.6. The van der Waals surface area contributed by atoms with Gasteiger partial charge in [-0.3, -0.25) is 9.59 Å². The number of aromatic nitrogens is 1. The monoisotopic (exact) mass is 362 g/mol. The number of halogens is 2. The van der Waals surface area contributed by atoms with Crippen molar-refractivity contribution in [2.45, 2.75) is 39.2 Å². The van der Waals surface area contributed by atoms with Gasteiger partial charge in [-0.25, -0.2) is 4.98 Å². The number of amides is 2. The maximum absolute atomic E-state index is 11.9. The van der Waals surface area contributed by atoms with Crippen LogP contribution in [0.1, 0.15) is 33.1 Å². The first-order valence-corrected chi connectivity index (χ1v) is 7.29. The molecule has 0 unspecified atom stereocenters. The molecule has 1 saturated carbocycles. The van der Waals surface area contributed by atoms with Crippen molar-refractivity contribution in [1.29, 1.82) is 0 Å². The summed E-state index contributed by atoms with van der Waals surface area (Å²) in [5, 5.41) is 5.47. The van der Waals surface area contributed by atoms with Gasteiger partial charge in [0, 0.05) is 5.92 Å². The average molecular weight is 363 g/mol. The molecule has 2 amide bonds. The predicted octanol–water partition coefficient (Wildman–Crippen LogP) is 2.59. The number of rotatable bonds is 6. The Bertz CT molecular complexity index is 519. The van der Waals surface area contributed by atoms with Crippen LogP contribution in [0.25, 0.3) is 0 Å². The van der Waals surface area contributed by atoms with Gasteiger partial charge in [0.05, 0.1) is 17.9 Å². The van der Waals surface area contributed by atoms with E-state index >= 15 is 0 Å². The average Bonchev–Trinajstić information content (AvgIpc) is 3.24. The molecule has 1 aliphatic rings. The zero-order valence-corrected chi connectivity index (χ0v) is 14.9. The first-order chi connectivity index (χ1) is 9.95. The Hall–Kier alpha value is -1.37. The molecular weight excluding hydrogens is 339 g/mol. The number of anilines is 2. The topological polar surface area (TPSA) is 97.1 Å². The number of pyridine rings is 1. The quantitative estimate of drug-likeness (QED) is 0.724. The number of nitrogens with one attached hydrogen (secondary N) is 2. The highest BCUT2D eigenvalue weighted by atomic mass is 35.5. The minimum Gasteiger partial charge on any atom is -0.323 e. The van der Waals surface area contributed by atoms with Gasteiger partial charge in [-0.2, -0.15) is 0 Å². The first kappa shape index (κ1) is 21.6. The molecule has 130 valence electrons. The van der Waals surface area contributed by atoms with Gasteiger partial charge in [0.25, 0.3) is 0 Å². The summed E-state index contributed by atoms with van der Waals surface area (Å²) >= 11 is 0. The number of hydrogen-bond acceptors (Lipinski definition) is 4. The van der Waals surface area contributed by atoms with Crippen LogP contribution in [0.2, 0.25) is 0 Å². The van der Waals surface area contributed by atoms with E-state index in [-0.39, 0.29) is 42.5 Å². The molecule has 1 aliphatic carbocycles. The Labute approximate surface area is 148 Å². The van der Waals surface area contributed by atoms with Crippen LogP contribution >= 0.6 is 24.8 Å². The van der Waals surface area contributed by atoms with E-state index in [0.717, 1.165) is 12.8 Å². The van der Waals surface area contributed by atoms with E-state index in [4.69, 9.17) is 5.73 Å². The lowest BCUT2D eigenvalue weighted by molar-refractivity contribution is -0.118. The summed E-state index contributed by atoms with van der Waals surface area (Å²) in [5.74, 6) is 0.791. The highest BCUT2D eigenvalue weighted by molar-refractivity contribution is 5.95. The van der Waals surface area contributed by atoms with Crippen molar-refractivity contribution in [3.8, 4) is 0 Å². The van der Waals surface area contributed by atoms with Crippen LogP contribution in [0.4, 0.5) is 11.5 Å². The molecule has 0 aliphatic heterocycles. The highest BCUT2D eigenvalue weighted by Gasteiger charge is 2.29. The standard InChI is InChI=1S/C15H22N4O2.2ClH/c1-9(2)7-12(16)15(21)18-11-5-6-13(17-8-11)19-14(20)10-3-4-10;;/h5-6,8-10,12H,3-4,7,16H2,1-2H3,(H,18,21)(H,17,19,20);2*1H/t12-;;/m0../s1. The van der Waals surface area contributed by atoms with Gasteiger partial charge < -0.3 is 16.4 Å². The smallest absolute Gasteiger partial charge is 0.241 e. The lowest BCUT2D eigenvalue weighted by Gasteiger charge is -2.14. The first-order valence-electron chi connectivity index (χ1n) is 7.29. The van der Waals surface area contributed by atoms with Gasteiger partial charge in [0.2, 0.25) is 11.8 Å². The molecule has 0 bridgehead atoms. The summed E-state index contributed by atoms with van der Waals surface area (Å²) in [6, 6.07) is 2.85. The van der Waals surface area contributed by atoms with Crippen LogP contribution < -0.4 is 16.4 Å². The molecular formula is C15H24Cl2N4O2. The van der Waals surface area contributed by atoms with Crippen LogP contribution in [0.3, 0.4) is 0 Å². The number of carbonyl (C=O) groups is 2. The molecule has 1 atom stereocenters. The molecule has 1 fully saturated rings. The summed E-state index contributed by atoms with van der Waals surface area (Å²) in [6.07, 6.45) is 4.05. The van der Waals surface area contributed by atoms with Crippen molar-refractivity contribution in [2.75, 3.05) is 10.6 Å². The lowest BCUT2D eigenvalue weighted by atomic mass is 10.0. The Morgan fingerprint density at radius 1 is 1.26 bits per heavy atom. The third-order valence-corrected chi connectivity index (χ3v) is 3.29. The van der Waals surface area contributed by atoms with E-state index in [9.17, 15) is 9.59 Å². The molecule has 8 heteroatoms. The normalized spacial score (nSPS) is 14.3. The fraction of sp³-hybridized carbons (Fsp3) is 0.533. The minimum absolute atomic E-state index is 0. The minimum atomic E-state index is -0.528. The van der Waals surface area contributed by atoms with Crippen molar-refractivity contribution in [2.24, 2.45) is 17.6 Å². The zero-order valence-electron chi connectivity index (χ0n) is 13.2. The summed E-state index contributed by atoms with van der Waals surface area (Å²) < 4.78 is 0. The summed E-state index contributed by atoms with van der Waals surface area (Å²) in [6.45, 7) is 4.04. The van der Waals surface area contributed by atoms with Gasteiger partial charge >= 0.3 is 0 Å². The third kappa shape index (κ3) is 7.16. The van der Waals surface area contributed by atoms with Crippen LogP contribution in [0, 0.1) is 11.8 Å².